The van der Waals surface area contributed by atoms with E-state index >= 15 is 0 Å². The molecule has 1 heterocycles. The molecule has 2 unspecified atom stereocenters. The van der Waals surface area contributed by atoms with Crippen LogP contribution in [0.5, 0.6) is 0 Å². The topological polar surface area (TPSA) is 58.4 Å². The zero-order valence-corrected chi connectivity index (χ0v) is 10.3. The summed E-state index contributed by atoms with van der Waals surface area (Å²) in [5.74, 6) is 0.191. The Morgan fingerprint density at radius 3 is 2.75 bits per heavy atom. The van der Waals surface area contributed by atoms with Gasteiger partial charge in [0.1, 0.15) is 0 Å². The maximum absolute atomic E-state index is 12.0. The lowest BCUT2D eigenvalue weighted by molar-refractivity contribution is -0.127. The standard InChI is InChI=1S/C12H23N3O/c1-9-7-10(3-6-15(9)2)14-11(16)12(8-13)4-5-12/h9-10H,3-8,13H2,1-2H3,(H,14,16). The van der Waals surface area contributed by atoms with E-state index < -0.39 is 0 Å². The largest absolute Gasteiger partial charge is 0.353 e. The fourth-order valence-corrected chi connectivity index (χ4v) is 2.43. The van der Waals surface area contributed by atoms with E-state index in [0.717, 1.165) is 32.2 Å². The lowest BCUT2D eigenvalue weighted by atomic mass is 9.97. The number of hydrogen-bond acceptors (Lipinski definition) is 3. The molecule has 1 aliphatic carbocycles. The highest BCUT2D eigenvalue weighted by Crippen LogP contribution is 2.44. The molecule has 2 aliphatic rings. The van der Waals surface area contributed by atoms with Crippen LogP contribution in [0.25, 0.3) is 0 Å². The molecule has 4 nitrogen and oxygen atoms in total. The molecule has 2 atom stereocenters. The van der Waals surface area contributed by atoms with Crippen LogP contribution in [0.4, 0.5) is 0 Å². The molecule has 1 aliphatic heterocycles. The smallest absolute Gasteiger partial charge is 0.227 e. The maximum atomic E-state index is 12.0. The highest BCUT2D eigenvalue weighted by molar-refractivity contribution is 5.85. The average Bonchev–Trinajstić information content (AvgIpc) is 3.04. The Hall–Kier alpha value is -0.610. The molecule has 1 amide bonds. The van der Waals surface area contributed by atoms with Gasteiger partial charge in [0.2, 0.25) is 5.91 Å². The molecule has 4 heteroatoms. The van der Waals surface area contributed by atoms with Crippen molar-refractivity contribution in [2.24, 2.45) is 11.1 Å². The first-order valence-corrected chi connectivity index (χ1v) is 6.29. The summed E-state index contributed by atoms with van der Waals surface area (Å²) in [5, 5.41) is 3.18. The summed E-state index contributed by atoms with van der Waals surface area (Å²) < 4.78 is 0. The Labute approximate surface area is 97.6 Å². The number of amides is 1. The van der Waals surface area contributed by atoms with Gasteiger partial charge in [0.15, 0.2) is 0 Å². The lowest BCUT2D eigenvalue weighted by Gasteiger charge is -2.35. The van der Waals surface area contributed by atoms with E-state index in [1.54, 1.807) is 0 Å². The van der Waals surface area contributed by atoms with E-state index in [2.05, 4.69) is 24.2 Å². The number of piperidine rings is 1. The number of likely N-dealkylation sites (tertiary alicyclic amines) is 1. The monoisotopic (exact) mass is 225 g/mol. The first-order chi connectivity index (χ1) is 7.57. The summed E-state index contributed by atoms with van der Waals surface area (Å²) >= 11 is 0. The first-order valence-electron chi connectivity index (χ1n) is 6.29. The highest BCUT2D eigenvalue weighted by atomic mass is 16.2. The normalized spacial score (nSPS) is 33.4. The van der Waals surface area contributed by atoms with Crippen molar-refractivity contribution < 1.29 is 4.79 Å². The molecule has 1 saturated heterocycles. The maximum Gasteiger partial charge on any atom is 0.227 e. The van der Waals surface area contributed by atoms with Gasteiger partial charge in [-0.25, -0.2) is 0 Å². The van der Waals surface area contributed by atoms with E-state index in [4.69, 9.17) is 5.73 Å². The van der Waals surface area contributed by atoms with E-state index in [1.165, 1.54) is 0 Å². The number of carbonyl (C=O) groups excluding carboxylic acids is 1. The Balaban J connectivity index is 1.84. The molecule has 16 heavy (non-hydrogen) atoms. The van der Waals surface area contributed by atoms with Crippen LogP contribution < -0.4 is 11.1 Å². The van der Waals surface area contributed by atoms with Gasteiger partial charge in [-0.3, -0.25) is 4.79 Å². The van der Waals surface area contributed by atoms with E-state index in [0.29, 0.717) is 18.6 Å². The van der Waals surface area contributed by atoms with Crippen molar-refractivity contribution in [3.63, 3.8) is 0 Å². The molecule has 0 radical (unpaired) electrons. The predicted octanol–water partition coefficient (Wildman–Crippen LogP) is 0.324. The third-order valence-corrected chi connectivity index (χ3v) is 4.27. The zero-order valence-electron chi connectivity index (χ0n) is 10.3. The molecular weight excluding hydrogens is 202 g/mol. The summed E-state index contributed by atoms with van der Waals surface area (Å²) in [6.07, 6.45) is 4.06. The molecule has 0 aromatic carbocycles. The third kappa shape index (κ3) is 2.23. The van der Waals surface area contributed by atoms with Crippen molar-refractivity contribution in [1.29, 1.82) is 0 Å². The molecule has 2 rings (SSSR count). The number of nitrogens with zero attached hydrogens (tertiary/aromatic N) is 1. The van der Waals surface area contributed by atoms with E-state index in [-0.39, 0.29) is 11.3 Å². The second kappa shape index (κ2) is 4.34. The Morgan fingerprint density at radius 1 is 1.56 bits per heavy atom. The summed E-state index contributed by atoms with van der Waals surface area (Å²) in [6, 6.07) is 0.912. The van der Waals surface area contributed by atoms with Crippen LogP contribution in [0.2, 0.25) is 0 Å². The van der Waals surface area contributed by atoms with Crippen molar-refractivity contribution in [1.82, 2.24) is 10.2 Å². The van der Waals surface area contributed by atoms with Crippen molar-refractivity contribution in [3.05, 3.63) is 0 Å². The number of rotatable bonds is 3. The first kappa shape index (κ1) is 11.9. The summed E-state index contributed by atoms with van der Waals surface area (Å²) in [6.45, 7) is 3.79. The van der Waals surface area contributed by atoms with Gasteiger partial charge in [0.05, 0.1) is 5.41 Å². The van der Waals surface area contributed by atoms with Crippen LogP contribution in [0.15, 0.2) is 0 Å². The predicted molar refractivity (Wildman–Crippen MR) is 64.0 cm³/mol. The van der Waals surface area contributed by atoms with Crippen molar-refractivity contribution in [3.8, 4) is 0 Å². The van der Waals surface area contributed by atoms with Crippen molar-refractivity contribution in [2.45, 2.75) is 44.7 Å². The highest BCUT2D eigenvalue weighted by Gasteiger charge is 2.49. The van der Waals surface area contributed by atoms with Crippen LogP contribution >= 0.6 is 0 Å². The van der Waals surface area contributed by atoms with Crippen LogP contribution in [0, 0.1) is 5.41 Å². The number of hydrogen-bond donors (Lipinski definition) is 2. The summed E-state index contributed by atoms with van der Waals surface area (Å²) in [4.78, 5) is 14.4. The molecule has 92 valence electrons. The van der Waals surface area contributed by atoms with Crippen LogP contribution in [-0.4, -0.2) is 43.0 Å². The molecule has 3 N–H and O–H groups in total. The average molecular weight is 225 g/mol. The molecule has 0 aromatic heterocycles. The van der Waals surface area contributed by atoms with E-state index in [9.17, 15) is 4.79 Å². The molecule has 2 fully saturated rings. The molecule has 0 aromatic rings. The molecule has 0 bridgehead atoms. The second-order valence-electron chi connectivity index (χ2n) is 5.51. The van der Waals surface area contributed by atoms with Crippen LogP contribution in [0.1, 0.15) is 32.6 Å². The second-order valence-corrected chi connectivity index (χ2v) is 5.51. The van der Waals surface area contributed by atoms with Gasteiger partial charge in [-0.05, 0) is 39.7 Å². The summed E-state index contributed by atoms with van der Waals surface area (Å²) in [7, 11) is 2.14. The fraction of sp³-hybridized carbons (Fsp3) is 0.917. The minimum atomic E-state index is -0.202. The Kier molecular flexibility index (Phi) is 3.22. The molecule has 0 spiro atoms. The lowest BCUT2D eigenvalue weighted by Crippen LogP contribution is -2.49. The minimum absolute atomic E-state index is 0.191. The Morgan fingerprint density at radius 2 is 2.25 bits per heavy atom. The SMILES string of the molecule is CC1CC(NC(=O)C2(CN)CC2)CCN1C. The van der Waals surface area contributed by atoms with Gasteiger partial charge in [0.25, 0.3) is 0 Å². The van der Waals surface area contributed by atoms with Gasteiger partial charge in [0, 0.05) is 25.2 Å². The van der Waals surface area contributed by atoms with Crippen molar-refractivity contribution in [2.75, 3.05) is 20.1 Å². The number of nitrogens with one attached hydrogen (secondary N) is 1. The minimum Gasteiger partial charge on any atom is -0.353 e. The van der Waals surface area contributed by atoms with Gasteiger partial charge >= 0.3 is 0 Å². The van der Waals surface area contributed by atoms with Gasteiger partial charge in [-0.1, -0.05) is 0 Å². The van der Waals surface area contributed by atoms with E-state index in [1.807, 2.05) is 0 Å². The zero-order chi connectivity index (χ0) is 11.8. The van der Waals surface area contributed by atoms with Crippen molar-refractivity contribution >= 4 is 5.91 Å². The quantitative estimate of drug-likeness (QED) is 0.727. The van der Waals surface area contributed by atoms with Crippen LogP contribution in [-0.2, 0) is 4.79 Å². The molecule has 1 saturated carbocycles. The molecular formula is C12H23N3O. The third-order valence-electron chi connectivity index (χ3n) is 4.27. The van der Waals surface area contributed by atoms with Gasteiger partial charge in [-0.2, -0.15) is 0 Å². The van der Waals surface area contributed by atoms with Gasteiger partial charge < -0.3 is 16.0 Å². The summed E-state index contributed by atoms with van der Waals surface area (Å²) in [5.41, 5.74) is 5.45. The number of nitrogens with two attached hydrogens (primary N) is 1. The van der Waals surface area contributed by atoms with Gasteiger partial charge in [-0.15, -0.1) is 0 Å². The number of carbonyl (C=O) groups is 1. The fourth-order valence-electron chi connectivity index (χ4n) is 2.43. The van der Waals surface area contributed by atoms with Crippen LogP contribution in [0.3, 0.4) is 0 Å². The Bertz CT molecular complexity index is 275.